The summed E-state index contributed by atoms with van der Waals surface area (Å²) in [5.74, 6) is 1.97. The molecular formula is C82H69N5OPt-2. The van der Waals surface area contributed by atoms with E-state index >= 15 is 0 Å². The third-order valence-corrected chi connectivity index (χ3v) is 19.3. The van der Waals surface area contributed by atoms with Crippen LogP contribution in [0.3, 0.4) is 0 Å². The summed E-state index contributed by atoms with van der Waals surface area (Å²) >= 11 is 0. The van der Waals surface area contributed by atoms with Crippen molar-refractivity contribution in [2.24, 2.45) is 0 Å². The molecule has 0 amide bonds. The molecule has 2 aliphatic rings. The molecule has 89 heavy (non-hydrogen) atoms. The predicted molar refractivity (Wildman–Crippen MR) is 362 cm³/mol. The molecule has 6 nitrogen and oxygen atoms in total. The van der Waals surface area contributed by atoms with Gasteiger partial charge < -0.3 is 18.4 Å². The van der Waals surface area contributed by atoms with Crippen LogP contribution < -0.4 is 9.30 Å². The van der Waals surface area contributed by atoms with Crippen LogP contribution in [-0.2, 0) is 42.7 Å². The number of hydrogen-bond acceptors (Lipinski definition) is 2. The van der Waals surface area contributed by atoms with E-state index in [9.17, 15) is 0 Å². The van der Waals surface area contributed by atoms with Crippen LogP contribution in [0.2, 0.25) is 0 Å². The van der Waals surface area contributed by atoms with Gasteiger partial charge in [0.05, 0.1) is 33.4 Å². The molecule has 1 aliphatic heterocycles. The predicted octanol–water partition coefficient (Wildman–Crippen LogP) is 20.6. The van der Waals surface area contributed by atoms with E-state index in [0.717, 1.165) is 107 Å². The number of ether oxygens (including phenoxy) is 1. The van der Waals surface area contributed by atoms with Gasteiger partial charge in [0.1, 0.15) is 5.82 Å². The van der Waals surface area contributed by atoms with Crippen molar-refractivity contribution in [1.29, 1.82) is 0 Å². The third kappa shape index (κ3) is 9.07. The first-order valence-electron chi connectivity index (χ1n) is 31.1. The SMILES string of the molecule is CC(C)(C)c1ccc(-c2cc3c4c(c2)n(-c2[c-]c(Oc5[c-]c6c(cc5)c5ccccc5n6-c5cc(C(C)(C)C)ccn5)ccc2)[c-][n+]4-c2c(cccc2-n2c4ccccc4c4ccccc42)-c2cc4c(cc2-c2ccccc2-3)C(C)(C)CCC4(C)C)cc1.[Pt]. The van der Waals surface area contributed by atoms with E-state index in [2.05, 4.69) is 300 Å². The van der Waals surface area contributed by atoms with Crippen LogP contribution in [0.15, 0.2) is 212 Å². The second-order valence-electron chi connectivity index (χ2n) is 27.9. The minimum absolute atomic E-state index is 0. The topological polar surface area (TPSA) is 40.8 Å². The van der Waals surface area contributed by atoms with E-state index in [1.807, 2.05) is 18.3 Å². The van der Waals surface area contributed by atoms with E-state index < -0.39 is 0 Å². The van der Waals surface area contributed by atoms with Gasteiger partial charge in [0.15, 0.2) is 0 Å². The summed E-state index contributed by atoms with van der Waals surface area (Å²) in [6, 6.07) is 83.6. The summed E-state index contributed by atoms with van der Waals surface area (Å²) in [7, 11) is 0. The van der Waals surface area contributed by atoms with Crippen molar-refractivity contribution in [3.63, 3.8) is 0 Å². The summed E-state index contributed by atoms with van der Waals surface area (Å²) in [5.41, 5.74) is 23.6. The van der Waals surface area contributed by atoms with Gasteiger partial charge in [-0.15, -0.1) is 29.7 Å². The van der Waals surface area contributed by atoms with Gasteiger partial charge in [-0.05, 0) is 161 Å². The number of pyridine rings is 1. The minimum Gasteiger partial charge on any atom is -0.510 e. The Labute approximate surface area is 536 Å². The summed E-state index contributed by atoms with van der Waals surface area (Å²) in [6.45, 7) is 23.3. The van der Waals surface area contributed by atoms with E-state index in [4.69, 9.17) is 9.72 Å². The van der Waals surface area contributed by atoms with E-state index in [1.165, 1.54) is 49.7 Å². The summed E-state index contributed by atoms with van der Waals surface area (Å²) in [4.78, 5) is 4.95. The number of hydrogen-bond donors (Lipinski definition) is 0. The number of fused-ring (bicyclic) bond motifs is 14. The van der Waals surface area contributed by atoms with Gasteiger partial charge in [-0.1, -0.05) is 202 Å². The molecule has 0 N–H and O–H groups in total. The van der Waals surface area contributed by atoms with Gasteiger partial charge in [0, 0.05) is 55.1 Å². The molecule has 0 spiro atoms. The van der Waals surface area contributed by atoms with Gasteiger partial charge >= 0.3 is 0 Å². The molecule has 0 radical (unpaired) electrons. The van der Waals surface area contributed by atoms with E-state index in [0.29, 0.717) is 11.5 Å². The summed E-state index contributed by atoms with van der Waals surface area (Å²) < 4.78 is 16.3. The third-order valence-electron chi connectivity index (χ3n) is 19.3. The average molecular weight is 1340 g/mol. The van der Waals surface area contributed by atoms with Crippen molar-refractivity contribution < 1.29 is 30.4 Å². The molecule has 16 rings (SSSR count). The molecule has 0 bridgehead atoms. The molecule has 4 aromatic heterocycles. The Kier molecular flexibility index (Phi) is 13.0. The van der Waals surface area contributed by atoms with Crippen molar-refractivity contribution in [3.05, 3.63) is 253 Å². The van der Waals surface area contributed by atoms with E-state index in [1.54, 1.807) is 0 Å². The Morgan fingerprint density at radius 1 is 0.461 bits per heavy atom. The van der Waals surface area contributed by atoms with Crippen molar-refractivity contribution in [2.45, 2.75) is 104 Å². The largest absolute Gasteiger partial charge is 0.510 e. The molecule has 7 heteroatoms. The Hall–Kier alpha value is -9.09. The molecule has 440 valence electrons. The monoisotopic (exact) mass is 1330 g/mol. The molecule has 14 aromatic rings. The molecule has 10 aromatic carbocycles. The summed E-state index contributed by atoms with van der Waals surface area (Å²) in [6.07, 6.45) is 8.28. The molecule has 1 aliphatic carbocycles. The number of aromatic nitrogens is 5. The van der Waals surface area contributed by atoms with Crippen LogP contribution in [0.1, 0.15) is 104 Å². The average Bonchev–Trinajstić information content (AvgIpc) is 1.64. The first-order chi connectivity index (χ1) is 42.4. The van der Waals surface area contributed by atoms with Crippen molar-refractivity contribution in [2.75, 3.05) is 0 Å². The fourth-order valence-electron chi connectivity index (χ4n) is 14.4. The van der Waals surface area contributed by atoms with Crippen LogP contribution >= 0.6 is 0 Å². The molecule has 0 fully saturated rings. The number of benzene rings is 10. The Balaban J connectivity index is 0.00000663. The van der Waals surface area contributed by atoms with Crippen molar-refractivity contribution in [1.82, 2.24) is 18.7 Å². The maximum absolute atomic E-state index is 6.97. The van der Waals surface area contributed by atoms with Gasteiger partial charge in [-0.25, -0.2) is 4.98 Å². The first kappa shape index (κ1) is 56.4. The fourth-order valence-corrected chi connectivity index (χ4v) is 14.4. The van der Waals surface area contributed by atoms with Gasteiger partial charge in [-0.3, -0.25) is 4.57 Å². The Morgan fingerprint density at radius 3 is 1.67 bits per heavy atom. The van der Waals surface area contributed by atoms with Crippen molar-refractivity contribution in [3.8, 4) is 78.9 Å². The quantitative estimate of drug-likeness (QED) is 0.123. The number of rotatable bonds is 6. The fraction of sp³-hybridized carbons (Fsp3) is 0.195. The second-order valence-corrected chi connectivity index (χ2v) is 27.9. The standard InChI is InChI=1S/C82H69N5O.Pt/c1-79(2,3)53-35-33-51(34-36-53)52-43-67-59-24-12-11-23-58(59)65-48-68-69(82(9,10)41-40-81(68,7)8)49-66(65)64-28-20-32-73(86-70-29-16-13-25-60(70)61-26-14-17-30-71(61)86)77(64)85-50-84(75(44-52)78(67)85)55-21-19-22-56(46-55)88-57-37-38-63-62-27-15-18-31-72(62)87(74(63)47-57)76-45-54(39-42-83-76)80(4,5)6;/h11-39,42-45,48-49H,40-41H2,1-10H3;/q-2;. The zero-order valence-corrected chi connectivity index (χ0v) is 54.4. The van der Waals surface area contributed by atoms with Crippen LogP contribution in [0.4, 0.5) is 0 Å². The van der Waals surface area contributed by atoms with Crippen LogP contribution in [0.5, 0.6) is 11.5 Å². The maximum atomic E-state index is 6.97. The molecule has 0 saturated carbocycles. The van der Waals surface area contributed by atoms with Crippen molar-refractivity contribution >= 4 is 54.6 Å². The maximum Gasteiger partial charge on any atom is 0.268 e. The second kappa shape index (κ2) is 20.5. The van der Waals surface area contributed by atoms with Gasteiger partial charge in [-0.2, -0.15) is 18.2 Å². The number of imidazole rings is 1. The van der Waals surface area contributed by atoms with Crippen LogP contribution in [0.25, 0.3) is 122 Å². The molecule has 0 saturated heterocycles. The molecule has 5 heterocycles. The zero-order chi connectivity index (χ0) is 60.2. The van der Waals surface area contributed by atoms with Gasteiger partial charge in [0.25, 0.3) is 6.33 Å². The number of nitrogens with zero attached hydrogens (tertiary/aromatic N) is 5. The normalized spacial score (nSPS) is 14.2. The Bertz CT molecular complexity index is 5160. The summed E-state index contributed by atoms with van der Waals surface area (Å²) in [5, 5.41) is 4.62. The molecular weight excluding hydrogens is 1270 g/mol. The Morgan fingerprint density at radius 2 is 1.02 bits per heavy atom. The molecule has 0 atom stereocenters. The van der Waals surface area contributed by atoms with Gasteiger partial charge in [0.2, 0.25) is 0 Å². The number of para-hydroxylation sites is 4. The smallest absolute Gasteiger partial charge is 0.268 e. The molecule has 0 unspecified atom stereocenters. The van der Waals surface area contributed by atoms with E-state index in [-0.39, 0.29) is 42.7 Å². The van der Waals surface area contributed by atoms with Crippen LogP contribution in [-0.4, -0.2) is 18.7 Å². The first-order valence-corrected chi connectivity index (χ1v) is 31.1. The zero-order valence-electron chi connectivity index (χ0n) is 52.1. The van der Waals surface area contributed by atoms with Crippen LogP contribution in [0, 0.1) is 18.5 Å². The minimum atomic E-state index is -0.0596.